The van der Waals surface area contributed by atoms with Crippen LogP contribution in [0.4, 0.5) is 0 Å². The second-order valence-corrected chi connectivity index (χ2v) is 1.32. The van der Waals surface area contributed by atoms with Crippen LogP contribution < -0.4 is 4.94 Å². The first-order valence-corrected chi connectivity index (χ1v) is 2.00. The van der Waals surface area contributed by atoms with Gasteiger partial charge in [0.25, 0.3) is 6.39 Å². The Morgan fingerprint density at radius 1 is 2.00 bits per heavy atom. The predicted molar refractivity (Wildman–Crippen MR) is 19.5 cm³/mol. The molecule has 1 radical (unpaired) electrons. The van der Waals surface area contributed by atoms with E-state index >= 15 is 0 Å². The minimum absolute atomic E-state index is 0.407. The second kappa shape index (κ2) is 1.22. The van der Waals surface area contributed by atoms with Gasteiger partial charge in [0.05, 0.1) is 11.5 Å². The zero-order chi connectivity index (χ0) is 4.41. The maximum Gasteiger partial charge on any atom is 0.414 e. The van der Waals surface area contributed by atoms with Crippen LogP contribution in [0, 0.1) is 6.39 Å². The normalized spacial score (nSPS) is 8.67. The van der Waals surface area contributed by atoms with E-state index in [1.165, 1.54) is 0 Å². The summed E-state index contributed by atoms with van der Waals surface area (Å²) in [6, 6.07) is 0. The molecule has 0 fully saturated rings. The van der Waals surface area contributed by atoms with Gasteiger partial charge >= 0.3 is 4.94 Å². The summed E-state index contributed by atoms with van der Waals surface area (Å²) in [6.45, 7) is 0. The van der Waals surface area contributed by atoms with Crippen LogP contribution in [0.5, 0.6) is 0 Å². The van der Waals surface area contributed by atoms with Crippen molar-refractivity contribution in [1.82, 2.24) is 4.37 Å². The highest BCUT2D eigenvalue weighted by Gasteiger charge is 1.79. The largest absolute Gasteiger partial charge is 0.414 e. The van der Waals surface area contributed by atoms with Crippen molar-refractivity contribution in [2.45, 2.75) is 0 Å². The molecule has 0 N–H and O–H groups in total. The minimum atomic E-state index is -0.407. The highest BCUT2D eigenvalue weighted by Crippen LogP contribution is 1.70. The monoisotopic (exact) mass is 102 g/mol. The lowest BCUT2D eigenvalue weighted by Crippen LogP contribution is -1.78. The van der Waals surface area contributed by atoms with Crippen molar-refractivity contribution in [1.29, 1.82) is 0 Å². The maximum absolute atomic E-state index is 9.83. The van der Waals surface area contributed by atoms with Gasteiger partial charge in [-0.3, -0.25) is 0 Å². The molecule has 4 heteroatoms. The van der Waals surface area contributed by atoms with Crippen LogP contribution in [0.3, 0.4) is 0 Å². The standard InChI is InChI=1S/C2NO2S/c4-2-5-1-3-6-2. The lowest BCUT2D eigenvalue weighted by molar-refractivity contribution is 0.517. The van der Waals surface area contributed by atoms with E-state index in [1.54, 1.807) is 0 Å². The van der Waals surface area contributed by atoms with E-state index in [0.29, 0.717) is 0 Å². The second-order valence-electron chi connectivity index (χ2n) is 0.626. The van der Waals surface area contributed by atoms with Crippen molar-refractivity contribution >= 4 is 11.5 Å². The molecule has 0 saturated carbocycles. The van der Waals surface area contributed by atoms with Crippen molar-refractivity contribution in [2.24, 2.45) is 0 Å². The molecule has 0 aliphatic heterocycles. The van der Waals surface area contributed by atoms with Crippen molar-refractivity contribution in [2.75, 3.05) is 0 Å². The lowest BCUT2D eigenvalue weighted by atomic mass is 11.5. The number of hydrogen-bond acceptors (Lipinski definition) is 4. The summed E-state index contributed by atoms with van der Waals surface area (Å²) in [7, 11) is 0. The van der Waals surface area contributed by atoms with Gasteiger partial charge in [-0.05, 0) is 0 Å². The van der Waals surface area contributed by atoms with Gasteiger partial charge in [0.1, 0.15) is 0 Å². The van der Waals surface area contributed by atoms with Crippen LogP contribution in [0.25, 0.3) is 0 Å². The Bertz CT molecular complexity index is 149. The quantitative estimate of drug-likeness (QED) is 0.459. The highest BCUT2D eigenvalue weighted by molar-refractivity contribution is 7.02. The van der Waals surface area contributed by atoms with Gasteiger partial charge in [-0.15, -0.1) is 4.37 Å². The molecule has 1 rings (SSSR count). The lowest BCUT2D eigenvalue weighted by Gasteiger charge is -1.44. The highest BCUT2D eigenvalue weighted by atomic mass is 32.1. The molecule has 6 heavy (non-hydrogen) atoms. The smallest absolute Gasteiger partial charge is 0.389 e. The molecule has 31 valence electrons. The van der Waals surface area contributed by atoms with E-state index in [0.717, 1.165) is 11.5 Å². The fourth-order valence-corrected chi connectivity index (χ4v) is 0.354. The Balaban J connectivity index is 3.41. The third-order valence-electron chi connectivity index (χ3n) is 0.286. The zero-order valence-corrected chi connectivity index (χ0v) is 3.49. The van der Waals surface area contributed by atoms with Crippen LogP contribution in [-0.2, 0) is 0 Å². The third kappa shape index (κ3) is 0.463. The molecule has 0 unspecified atom stereocenters. The van der Waals surface area contributed by atoms with Crippen LogP contribution in [-0.4, -0.2) is 4.37 Å². The molecule has 0 atom stereocenters. The Labute approximate surface area is 37.4 Å². The average Bonchev–Trinajstić information content (AvgIpc) is 1.86. The van der Waals surface area contributed by atoms with Crippen molar-refractivity contribution in [3.05, 3.63) is 16.1 Å². The van der Waals surface area contributed by atoms with Crippen molar-refractivity contribution in [3.8, 4) is 0 Å². The van der Waals surface area contributed by atoms with Gasteiger partial charge in [0.15, 0.2) is 0 Å². The molecule has 3 nitrogen and oxygen atoms in total. The predicted octanol–water partition coefficient (Wildman–Crippen LogP) is -0.104. The van der Waals surface area contributed by atoms with Gasteiger partial charge < -0.3 is 4.42 Å². The van der Waals surface area contributed by atoms with E-state index in [1.807, 2.05) is 6.39 Å². The van der Waals surface area contributed by atoms with Gasteiger partial charge in [-0.2, -0.15) is 0 Å². The van der Waals surface area contributed by atoms with Crippen LogP contribution >= 0.6 is 11.5 Å². The molecular weight excluding hydrogens is 102 g/mol. The third-order valence-corrected chi connectivity index (χ3v) is 0.685. The molecule has 0 bridgehead atoms. The molecule has 0 amide bonds. The summed E-state index contributed by atoms with van der Waals surface area (Å²) in [5.74, 6) is 0. The number of aromatic nitrogens is 1. The summed E-state index contributed by atoms with van der Waals surface area (Å²) in [5, 5.41) is 0. The van der Waals surface area contributed by atoms with E-state index in [9.17, 15) is 4.79 Å². The Morgan fingerprint density at radius 3 is 3.00 bits per heavy atom. The molecule has 0 aliphatic rings. The van der Waals surface area contributed by atoms with Crippen molar-refractivity contribution in [3.63, 3.8) is 0 Å². The zero-order valence-electron chi connectivity index (χ0n) is 2.67. The van der Waals surface area contributed by atoms with Crippen LogP contribution in [0.2, 0.25) is 0 Å². The summed E-state index contributed by atoms with van der Waals surface area (Å²) in [4.78, 5) is 9.42. The molecule has 0 spiro atoms. The Kier molecular flexibility index (Phi) is 0.719. The molecule has 0 aliphatic carbocycles. The average molecular weight is 102 g/mol. The Hall–Kier alpha value is -0.640. The van der Waals surface area contributed by atoms with Gasteiger partial charge in [-0.25, -0.2) is 4.79 Å². The van der Waals surface area contributed by atoms with Crippen molar-refractivity contribution < 1.29 is 4.42 Å². The van der Waals surface area contributed by atoms with E-state index < -0.39 is 4.94 Å². The molecule has 1 heterocycles. The summed E-state index contributed by atoms with van der Waals surface area (Å²) < 4.78 is 7.32. The van der Waals surface area contributed by atoms with Crippen LogP contribution in [0.15, 0.2) is 9.21 Å². The molecule has 0 saturated heterocycles. The first-order chi connectivity index (χ1) is 2.89. The molecule has 0 aromatic carbocycles. The maximum atomic E-state index is 9.83. The molecular formula is C2NO2S. The fraction of sp³-hybridized carbons (Fsp3) is 0. The van der Waals surface area contributed by atoms with Gasteiger partial charge in [-0.1, -0.05) is 0 Å². The van der Waals surface area contributed by atoms with E-state index in [-0.39, 0.29) is 0 Å². The minimum Gasteiger partial charge on any atom is -0.389 e. The van der Waals surface area contributed by atoms with E-state index in [2.05, 4.69) is 8.79 Å². The molecule has 1 aromatic heterocycles. The number of hydrogen-bond donors (Lipinski definition) is 0. The number of rotatable bonds is 0. The van der Waals surface area contributed by atoms with Gasteiger partial charge in [0, 0.05) is 0 Å². The topological polar surface area (TPSA) is 43.1 Å². The van der Waals surface area contributed by atoms with Gasteiger partial charge in [0.2, 0.25) is 0 Å². The summed E-state index contributed by atoms with van der Waals surface area (Å²) in [6.07, 6.45) is 2.01. The molecule has 1 aromatic rings. The number of nitrogens with zero attached hydrogens (tertiary/aromatic N) is 1. The summed E-state index contributed by atoms with van der Waals surface area (Å²) >= 11 is 0.750. The fourth-order valence-electron chi connectivity index (χ4n) is 0.130. The Morgan fingerprint density at radius 2 is 2.83 bits per heavy atom. The summed E-state index contributed by atoms with van der Waals surface area (Å²) in [5.41, 5.74) is 0. The SMILES string of the molecule is O=c1o[c]ns1. The first kappa shape index (κ1) is 3.55. The van der Waals surface area contributed by atoms with Crippen LogP contribution in [0.1, 0.15) is 0 Å². The van der Waals surface area contributed by atoms with E-state index in [4.69, 9.17) is 0 Å². The first-order valence-electron chi connectivity index (χ1n) is 1.22.